The van der Waals surface area contributed by atoms with Crippen molar-refractivity contribution in [1.29, 1.82) is 0 Å². The molecule has 1 aliphatic rings. The van der Waals surface area contributed by atoms with Crippen LogP contribution >= 0.6 is 0 Å². The van der Waals surface area contributed by atoms with E-state index in [0.29, 0.717) is 22.6 Å². The van der Waals surface area contributed by atoms with Crippen LogP contribution < -0.4 is 4.74 Å². The van der Waals surface area contributed by atoms with Crippen molar-refractivity contribution in [2.45, 2.75) is 45.3 Å². The van der Waals surface area contributed by atoms with Crippen molar-refractivity contribution in [3.63, 3.8) is 0 Å². The molecule has 2 aromatic heterocycles. The lowest BCUT2D eigenvalue weighted by Crippen LogP contribution is -2.40. The molecule has 0 radical (unpaired) electrons. The SMILES string of the molecule is CC(=O)OC[C@@H]1OC(n2cnc3c(-c4ccc(Oc5ccccc5)cc4)ncnc32)[C@@H](OC(C)=O)[C@@H]1OC(C)=O. The zero-order valence-corrected chi connectivity index (χ0v) is 21.9. The van der Waals surface area contributed by atoms with E-state index in [9.17, 15) is 14.4 Å². The molecule has 1 fully saturated rings. The summed E-state index contributed by atoms with van der Waals surface area (Å²) in [4.78, 5) is 48.7. The number of carbonyl (C=O) groups is 3. The molecule has 0 spiro atoms. The van der Waals surface area contributed by atoms with Crippen molar-refractivity contribution in [2.75, 3.05) is 6.61 Å². The summed E-state index contributed by atoms with van der Waals surface area (Å²) in [5.41, 5.74) is 2.20. The van der Waals surface area contributed by atoms with Gasteiger partial charge in [0, 0.05) is 26.3 Å². The third-order valence-electron chi connectivity index (χ3n) is 6.08. The number of hydrogen-bond acceptors (Lipinski definition) is 11. The Bertz CT molecular complexity index is 1520. The van der Waals surface area contributed by atoms with Gasteiger partial charge in [0.1, 0.15) is 41.7 Å². The Hall–Kier alpha value is -4.84. The van der Waals surface area contributed by atoms with Crippen molar-refractivity contribution in [2.24, 2.45) is 0 Å². The molecular weight excluding hydrogens is 520 g/mol. The highest BCUT2D eigenvalue weighted by Crippen LogP contribution is 2.37. The fourth-order valence-corrected chi connectivity index (χ4v) is 4.47. The second-order valence-corrected chi connectivity index (χ2v) is 9.00. The number of carbonyl (C=O) groups excluding carboxylic acids is 3. The Kier molecular flexibility index (Phi) is 7.69. The van der Waals surface area contributed by atoms with E-state index in [-0.39, 0.29) is 6.61 Å². The number of esters is 3. The van der Waals surface area contributed by atoms with Crippen LogP contribution in [0.3, 0.4) is 0 Å². The molecule has 12 nitrogen and oxygen atoms in total. The smallest absolute Gasteiger partial charge is 0.303 e. The first-order chi connectivity index (χ1) is 19.3. The maximum atomic E-state index is 12.0. The fourth-order valence-electron chi connectivity index (χ4n) is 4.47. The second-order valence-electron chi connectivity index (χ2n) is 9.00. The zero-order valence-electron chi connectivity index (χ0n) is 21.9. The highest BCUT2D eigenvalue weighted by molar-refractivity contribution is 5.87. The molecule has 1 saturated heterocycles. The maximum Gasteiger partial charge on any atom is 0.303 e. The number of imidazole rings is 1. The van der Waals surface area contributed by atoms with Crippen LogP contribution in [-0.2, 0) is 33.3 Å². The number of rotatable bonds is 8. The molecule has 2 aromatic carbocycles. The Morgan fingerprint density at radius 1 is 0.825 bits per heavy atom. The lowest BCUT2D eigenvalue weighted by atomic mass is 10.1. The van der Waals surface area contributed by atoms with Crippen molar-refractivity contribution < 1.29 is 38.1 Å². The number of para-hydroxylation sites is 1. The number of ether oxygens (including phenoxy) is 5. The van der Waals surface area contributed by atoms with E-state index in [4.69, 9.17) is 23.7 Å². The van der Waals surface area contributed by atoms with Crippen LogP contribution in [0.1, 0.15) is 27.0 Å². The lowest BCUT2D eigenvalue weighted by molar-refractivity contribution is -0.166. The molecule has 12 heteroatoms. The van der Waals surface area contributed by atoms with Crippen LogP contribution in [0.2, 0.25) is 0 Å². The highest BCUT2D eigenvalue weighted by Gasteiger charge is 2.51. The summed E-state index contributed by atoms with van der Waals surface area (Å²) in [6, 6.07) is 16.8. The molecule has 4 atom stereocenters. The second kappa shape index (κ2) is 11.5. The first-order valence-corrected chi connectivity index (χ1v) is 12.4. The van der Waals surface area contributed by atoms with Gasteiger partial charge in [-0.05, 0) is 36.4 Å². The summed E-state index contributed by atoms with van der Waals surface area (Å²) >= 11 is 0. The molecular formula is C28H26N4O8. The molecule has 3 heterocycles. The fraction of sp³-hybridized carbons (Fsp3) is 0.286. The van der Waals surface area contributed by atoms with E-state index < -0.39 is 42.4 Å². The first kappa shape index (κ1) is 26.8. The van der Waals surface area contributed by atoms with Crippen LogP contribution in [-0.4, -0.2) is 62.3 Å². The monoisotopic (exact) mass is 546 g/mol. The van der Waals surface area contributed by atoms with E-state index in [1.54, 1.807) is 4.57 Å². The van der Waals surface area contributed by atoms with E-state index in [1.807, 2.05) is 54.6 Å². The van der Waals surface area contributed by atoms with Gasteiger partial charge in [-0.1, -0.05) is 18.2 Å². The predicted octanol–water partition coefficient (Wildman–Crippen LogP) is 3.61. The number of nitrogens with zero attached hydrogens (tertiary/aromatic N) is 4. The lowest BCUT2D eigenvalue weighted by Gasteiger charge is -2.23. The quantitative estimate of drug-likeness (QED) is 0.236. The standard InChI is InChI=1S/C28H26N4O8/c1-16(33)36-13-22-25(37-17(2)34)26(38-18(3)35)28(40-22)32-15-31-24-23(29-14-30-27(24)32)19-9-11-21(12-10-19)39-20-7-5-4-6-8-20/h4-12,14-15,22,25-26,28H,13H2,1-3H3/t22-,25+,26-,28?/m0/s1. The highest BCUT2D eigenvalue weighted by atomic mass is 16.7. The average molecular weight is 547 g/mol. The van der Waals surface area contributed by atoms with Crippen molar-refractivity contribution in [3.8, 4) is 22.8 Å². The van der Waals surface area contributed by atoms with E-state index in [2.05, 4.69) is 15.0 Å². The summed E-state index contributed by atoms with van der Waals surface area (Å²) in [7, 11) is 0. The maximum absolute atomic E-state index is 12.0. The third kappa shape index (κ3) is 5.76. The largest absolute Gasteiger partial charge is 0.463 e. The van der Waals surface area contributed by atoms with E-state index in [0.717, 1.165) is 11.3 Å². The van der Waals surface area contributed by atoms with Crippen molar-refractivity contribution >= 4 is 29.1 Å². The minimum atomic E-state index is -1.06. The molecule has 1 aliphatic heterocycles. The first-order valence-electron chi connectivity index (χ1n) is 12.4. The van der Waals surface area contributed by atoms with Crippen LogP contribution in [0, 0.1) is 0 Å². The topological polar surface area (TPSA) is 141 Å². The summed E-state index contributed by atoms with van der Waals surface area (Å²) in [5.74, 6) is -0.384. The summed E-state index contributed by atoms with van der Waals surface area (Å²) in [6.07, 6.45) is -1.12. The normalized spacial score (nSPS) is 20.2. The van der Waals surface area contributed by atoms with Gasteiger partial charge in [0.25, 0.3) is 0 Å². The number of benzene rings is 2. The molecule has 4 aromatic rings. The van der Waals surface area contributed by atoms with E-state index >= 15 is 0 Å². The molecule has 0 N–H and O–H groups in total. The number of fused-ring (bicyclic) bond motifs is 1. The molecule has 0 bridgehead atoms. The van der Waals surface area contributed by atoms with Gasteiger partial charge in [0.15, 0.2) is 24.1 Å². The van der Waals surface area contributed by atoms with Crippen molar-refractivity contribution in [3.05, 3.63) is 67.3 Å². The minimum Gasteiger partial charge on any atom is -0.463 e. The molecule has 1 unspecified atom stereocenters. The van der Waals surface area contributed by atoms with Gasteiger partial charge in [-0.15, -0.1) is 0 Å². The number of hydrogen-bond donors (Lipinski definition) is 0. The van der Waals surface area contributed by atoms with Gasteiger partial charge in [0.05, 0.1) is 6.33 Å². The van der Waals surface area contributed by atoms with Crippen LogP contribution in [0.15, 0.2) is 67.3 Å². The van der Waals surface area contributed by atoms with Gasteiger partial charge in [-0.3, -0.25) is 19.0 Å². The average Bonchev–Trinajstić information content (AvgIpc) is 3.49. The van der Waals surface area contributed by atoms with E-state index in [1.165, 1.54) is 33.4 Å². The molecule has 0 aliphatic carbocycles. The third-order valence-corrected chi connectivity index (χ3v) is 6.08. The van der Waals surface area contributed by atoms with Crippen molar-refractivity contribution in [1.82, 2.24) is 19.5 Å². The number of aromatic nitrogens is 4. The Morgan fingerprint density at radius 3 is 2.17 bits per heavy atom. The molecule has 0 saturated carbocycles. The van der Waals surface area contributed by atoms with Gasteiger partial charge in [-0.25, -0.2) is 15.0 Å². The Balaban J connectivity index is 1.47. The van der Waals surface area contributed by atoms with Crippen LogP contribution in [0.4, 0.5) is 0 Å². The van der Waals surface area contributed by atoms with Crippen LogP contribution in [0.5, 0.6) is 11.5 Å². The van der Waals surface area contributed by atoms with Gasteiger partial charge in [0.2, 0.25) is 0 Å². The predicted molar refractivity (Wildman–Crippen MR) is 139 cm³/mol. The summed E-state index contributed by atoms with van der Waals surface area (Å²) < 4.78 is 29.7. The van der Waals surface area contributed by atoms with Gasteiger partial charge >= 0.3 is 17.9 Å². The summed E-state index contributed by atoms with van der Waals surface area (Å²) in [5, 5.41) is 0. The van der Waals surface area contributed by atoms with Gasteiger partial charge < -0.3 is 23.7 Å². The molecule has 0 amide bonds. The Labute approximate surface area is 228 Å². The van der Waals surface area contributed by atoms with Crippen LogP contribution in [0.25, 0.3) is 22.4 Å². The molecule has 206 valence electrons. The molecule has 5 rings (SSSR count). The Morgan fingerprint density at radius 2 is 1.50 bits per heavy atom. The summed E-state index contributed by atoms with van der Waals surface area (Å²) in [6.45, 7) is 3.49. The zero-order chi connectivity index (χ0) is 28.2. The molecule has 40 heavy (non-hydrogen) atoms. The van der Waals surface area contributed by atoms with Gasteiger partial charge in [-0.2, -0.15) is 0 Å². The minimum absolute atomic E-state index is 0.216.